The van der Waals surface area contributed by atoms with Crippen LogP contribution < -0.4 is 10.6 Å². The minimum atomic E-state index is -0.0250. The number of benzene rings is 1. The number of rotatable bonds is 4. The van der Waals surface area contributed by atoms with Crippen molar-refractivity contribution in [3.05, 3.63) is 42.1 Å². The number of amides is 1. The molecule has 5 heteroatoms. The van der Waals surface area contributed by atoms with Gasteiger partial charge in [-0.1, -0.05) is 30.7 Å². The molecule has 1 aromatic carbocycles. The van der Waals surface area contributed by atoms with Crippen LogP contribution in [0.15, 0.2) is 36.5 Å². The average molecular weight is 284 g/mol. The van der Waals surface area contributed by atoms with E-state index in [0.717, 1.165) is 36.2 Å². The summed E-state index contributed by atoms with van der Waals surface area (Å²) in [4.78, 5) is 12.0. The number of carbonyl (C=O) groups is 1. The fourth-order valence-corrected chi connectivity index (χ4v) is 2.61. The molecule has 3 rings (SSSR count). The average Bonchev–Trinajstić information content (AvgIpc) is 3.08. The largest absolute Gasteiger partial charge is 0.351 e. The molecular weight excluding hydrogens is 264 g/mol. The summed E-state index contributed by atoms with van der Waals surface area (Å²) >= 11 is 0. The van der Waals surface area contributed by atoms with E-state index >= 15 is 0 Å². The van der Waals surface area contributed by atoms with E-state index in [1.165, 1.54) is 6.42 Å². The van der Waals surface area contributed by atoms with Gasteiger partial charge < -0.3 is 10.6 Å². The predicted octanol–water partition coefficient (Wildman–Crippen LogP) is 1.83. The highest BCUT2D eigenvalue weighted by atomic mass is 16.2. The number of nitrogens with one attached hydrogen (secondary N) is 3. The summed E-state index contributed by atoms with van der Waals surface area (Å²) in [7, 11) is 0. The Morgan fingerprint density at radius 1 is 1.24 bits per heavy atom. The maximum atomic E-state index is 12.0. The number of hydrogen-bond donors (Lipinski definition) is 3. The zero-order valence-corrected chi connectivity index (χ0v) is 11.9. The van der Waals surface area contributed by atoms with Crippen LogP contribution in [0.5, 0.6) is 0 Å². The number of piperidine rings is 1. The Morgan fingerprint density at radius 2 is 2.10 bits per heavy atom. The second kappa shape index (κ2) is 6.54. The third-order valence-corrected chi connectivity index (χ3v) is 3.86. The van der Waals surface area contributed by atoms with Gasteiger partial charge in [-0.15, -0.1) is 0 Å². The van der Waals surface area contributed by atoms with E-state index in [2.05, 4.69) is 20.8 Å². The van der Waals surface area contributed by atoms with E-state index in [1.54, 1.807) is 6.20 Å². The first-order valence-electron chi connectivity index (χ1n) is 7.43. The van der Waals surface area contributed by atoms with Crippen molar-refractivity contribution in [3.8, 4) is 11.3 Å². The third kappa shape index (κ3) is 3.49. The van der Waals surface area contributed by atoms with Gasteiger partial charge in [-0.2, -0.15) is 5.10 Å². The van der Waals surface area contributed by atoms with E-state index in [1.807, 2.05) is 30.3 Å². The number of hydrogen-bond acceptors (Lipinski definition) is 3. The molecule has 1 amide bonds. The Morgan fingerprint density at radius 3 is 2.76 bits per heavy atom. The molecule has 1 aliphatic heterocycles. The highest BCUT2D eigenvalue weighted by molar-refractivity contribution is 5.81. The van der Waals surface area contributed by atoms with Gasteiger partial charge in [-0.25, -0.2) is 0 Å². The topological polar surface area (TPSA) is 69.8 Å². The highest BCUT2D eigenvalue weighted by Crippen LogP contribution is 2.16. The molecule has 1 atom stereocenters. The van der Waals surface area contributed by atoms with Crippen molar-refractivity contribution in [2.45, 2.75) is 31.8 Å². The fourth-order valence-electron chi connectivity index (χ4n) is 2.61. The van der Waals surface area contributed by atoms with Crippen LogP contribution in [0, 0.1) is 0 Å². The molecule has 0 aliphatic carbocycles. The quantitative estimate of drug-likeness (QED) is 0.802. The first-order valence-corrected chi connectivity index (χ1v) is 7.43. The molecule has 1 aliphatic rings. The number of nitrogens with zero attached hydrogens (tertiary/aromatic N) is 1. The van der Waals surface area contributed by atoms with Crippen molar-refractivity contribution in [3.63, 3.8) is 0 Å². The van der Waals surface area contributed by atoms with Crippen LogP contribution in [0.2, 0.25) is 0 Å². The van der Waals surface area contributed by atoms with E-state index in [-0.39, 0.29) is 11.9 Å². The molecule has 0 bridgehead atoms. The van der Waals surface area contributed by atoms with Gasteiger partial charge >= 0.3 is 0 Å². The normalized spacial score (nSPS) is 18.4. The lowest BCUT2D eigenvalue weighted by molar-refractivity contribution is -0.123. The monoisotopic (exact) mass is 284 g/mol. The van der Waals surface area contributed by atoms with Gasteiger partial charge in [-0.3, -0.25) is 9.89 Å². The van der Waals surface area contributed by atoms with E-state index in [9.17, 15) is 4.79 Å². The van der Waals surface area contributed by atoms with Crippen LogP contribution in [-0.2, 0) is 11.3 Å². The number of carbonyl (C=O) groups excluding carboxylic acids is 1. The molecule has 21 heavy (non-hydrogen) atoms. The molecule has 5 nitrogen and oxygen atoms in total. The number of H-pyrrole nitrogens is 1. The molecule has 2 aromatic rings. The summed E-state index contributed by atoms with van der Waals surface area (Å²) in [6, 6.07) is 10.0. The second-order valence-electron chi connectivity index (χ2n) is 5.39. The molecular formula is C16H20N4O. The summed E-state index contributed by atoms with van der Waals surface area (Å²) in [6.07, 6.45) is 4.97. The van der Waals surface area contributed by atoms with Crippen molar-refractivity contribution >= 4 is 5.91 Å². The van der Waals surface area contributed by atoms with E-state index in [4.69, 9.17) is 0 Å². The van der Waals surface area contributed by atoms with Crippen LogP contribution in [0.25, 0.3) is 11.3 Å². The maximum absolute atomic E-state index is 12.0. The number of aromatic amines is 1. The lowest BCUT2D eigenvalue weighted by Gasteiger charge is -2.22. The van der Waals surface area contributed by atoms with Gasteiger partial charge in [0.15, 0.2) is 0 Å². The fraction of sp³-hybridized carbons (Fsp3) is 0.375. The zero-order chi connectivity index (χ0) is 14.5. The minimum absolute atomic E-state index is 0.0250. The summed E-state index contributed by atoms with van der Waals surface area (Å²) in [5, 5.41) is 13.1. The van der Waals surface area contributed by atoms with Crippen LogP contribution in [-0.4, -0.2) is 28.7 Å². The van der Waals surface area contributed by atoms with Gasteiger partial charge in [0.1, 0.15) is 0 Å². The van der Waals surface area contributed by atoms with Crippen LogP contribution in [0.4, 0.5) is 0 Å². The molecule has 0 unspecified atom stereocenters. The van der Waals surface area contributed by atoms with Crippen molar-refractivity contribution in [2.75, 3.05) is 6.54 Å². The van der Waals surface area contributed by atoms with Crippen LogP contribution >= 0.6 is 0 Å². The summed E-state index contributed by atoms with van der Waals surface area (Å²) in [5.74, 6) is 0.104. The SMILES string of the molecule is O=C(NCc1ccc(-c2ccn[nH]2)cc1)[C@H]1CCCCN1. The smallest absolute Gasteiger partial charge is 0.237 e. The Labute approximate surface area is 124 Å². The van der Waals surface area contributed by atoms with Gasteiger partial charge in [-0.05, 0) is 36.6 Å². The lowest BCUT2D eigenvalue weighted by Crippen LogP contribution is -2.46. The van der Waals surface area contributed by atoms with Gasteiger partial charge in [0, 0.05) is 12.7 Å². The van der Waals surface area contributed by atoms with Gasteiger partial charge in [0.05, 0.1) is 11.7 Å². The third-order valence-electron chi connectivity index (χ3n) is 3.86. The highest BCUT2D eigenvalue weighted by Gasteiger charge is 2.19. The Bertz CT molecular complexity index is 571. The van der Waals surface area contributed by atoms with Gasteiger partial charge in [0.25, 0.3) is 0 Å². The molecule has 3 N–H and O–H groups in total. The molecule has 0 saturated carbocycles. The van der Waals surface area contributed by atoms with Crippen LogP contribution in [0.1, 0.15) is 24.8 Å². The Hall–Kier alpha value is -2.14. The summed E-state index contributed by atoms with van der Waals surface area (Å²) < 4.78 is 0. The molecule has 110 valence electrons. The van der Waals surface area contributed by atoms with Crippen molar-refractivity contribution in [1.29, 1.82) is 0 Å². The van der Waals surface area contributed by atoms with Crippen molar-refractivity contribution in [2.24, 2.45) is 0 Å². The molecule has 0 spiro atoms. The molecule has 1 fully saturated rings. The van der Waals surface area contributed by atoms with E-state index in [0.29, 0.717) is 6.54 Å². The van der Waals surface area contributed by atoms with Crippen molar-refractivity contribution < 1.29 is 4.79 Å². The molecule has 0 radical (unpaired) electrons. The first-order chi connectivity index (χ1) is 10.3. The standard InChI is InChI=1S/C16H20N4O/c21-16(15-3-1-2-9-17-15)18-11-12-4-6-13(7-5-12)14-8-10-19-20-14/h4-8,10,15,17H,1-3,9,11H2,(H,18,21)(H,19,20)/t15-/m1/s1. The van der Waals surface area contributed by atoms with E-state index < -0.39 is 0 Å². The second-order valence-corrected chi connectivity index (χ2v) is 5.39. The maximum Gasteiger partial charge on any atom is 0.237 e. The summed E-state index contributed by atoms with van der Waals surface area (Å²) in [5.41, 5.74) is 3.19. The van der Waals surface area contributed by atoms with Crippen LogP contribution in [0.3, 0.4) is 0 Å². The number of aromatic nitrogens is 2. The molecule has 2 heterocycles. The molecule has 1 aromatic heterocycles. The zero-order valence-electron chi connectivity index (χ0n) is 11.9. The Balaban J connectivity index is 1.54. The predicted molar refractivity (Wildman–Crippen MR) is 81.5 cm³/mol. The minimum Gasteiger partial charge on any atom is -0.351 e. The van der Waals surface area contributed by atoms with Crippen molar-refractivity contribution in [1.82, 2.24) is 20.8 Å². The van der Waals surface area contributed by atoms with Gasteiger partial charge in [0.2, 0.25) is 5.91 Å². The summed E-state index contributed by atoms with van der Waals surface area (Å²) in [6.45, 7) is 1.51. The first kappa shape index (κ1) is 13.8. The molecule has 1 saturated heterocycles. The lowest BCUT2D eigenvalue weighted by atomic mass is 10.0. The Kier molecular flexibility index (Phi) is 4.31.